The van der Waals surface area contributed by atoms with Crippen LogP contribution in [0.25, 0.3) is 28.2 Å². The molecule has 0 saturated carbocycles. The van der Waals surface area contributed by atoms with Gasteiger partial charge in [0.05, 0.1) is 17.1 Å². The molecule has 1 aromatic heterocycles. The number of aliphatic imine (C=N–C) groups is 1. The smallest absolute Gasteiger partial charge is 0.0630 e. The van der Waals surface area contributed by atoms with Crippen molar-refractivity contribution in [2.75, 3.05) is 0 Å². The number of aromatic nitrogens is 1. The van der Waals surface area contributed by atoms with Gasteiger partial charge >= 0.3 is 0 Å². The van der Waals surface area contributed by atoms with E-state index in [1.807, 2.05) is 66.9 Å². The summed E-state index contributed by atoms with van der Waals surface area (Å²) in [6, 6.07) is 38.4. The number of benzene rings is 4. The van der Waals surface area contributed by atoms with Crippen molar-refractivity contribution in [1.82, 2.24) is 4.57 Å². The lowest BCUT2D eigenvalue weighted by Crippen LogP contribution is -2.00. The lowest BCUT2D eigenvalue weighted by molar-refractivity contribution is 1.09. The summed E-state index contributed by atoms with van der Waals surface area (Å²) in [5.74, 6) is 0. The zero-order valence-corrected chi connectivity index (χ0v) is 19.2. The number of hydrogen-bond donors (Lipinski definition) is 0. The predicted octanol–water partition coefficient (Wildman–Crippen LogP) is 8.87. The highest BCUT2D eigenvalue weighted by Crippen LogP contribution is 2.36. The fourth-order valence-corrected chi connectivity index (χ4v) is 4.12. The molecule has 0 N–H and O–H groups in total. The van der Waals surface area contributed by atoms with Crippen LogP contribution in [0.4, 0.5) is 5.69 Å². The summed E-state index contributed by atoms with van der Waals surface area (Å²) in [4.78, 5) is 4.74. The van der Waals surface area contributed by atoms with E-state index in [0.717, 1.165) is 39.5 Å². The molecule has 5 aromatic rings. The number of hydrogen-bond acceptors (Lipinski definition) is 1. The molecule has 0 aliphatic carbocycles. The number of nitrogens with zero attached hydrogens (tertiary/aromatic N) is 2. The normalized spacial score (nSPS) is 11.2. The van der Waals surface area contributed by atoms with Crippen LogP contribution >= 0.6 is 23.2 Å². The molecule has 0 saturated heterocycles. The summed E-state index contributed by atoms with van der Waals surface area (Å²) >= 11 is 12.2. The minimum Gasteiger partial charge on any atom is -0.309 e. The quantitative estimate of drug-likeness (QED) is 0.230. The van der Waals surface area contributed by atoms with Crippen LogP contribution in [-0.4, -0.2) is 10.8 Å². The lowest BCUT2D eigenvalue weighted by atomic mass is 10.1. The highest BCUT2D eigenvalue weighted by Gasteiger charge is 2.18. The Bertz CT molecular complexity index is 1390. The summed E-state index contributed by atoms with van der Waals surface area (Å²) in [6.07, 6.45) is 1.92. The summed E-state index contributed by atoms with van der Waals surface area (Å²) in [5, 5.41) is 1.40. The molecule has 4 heteroatoms. The van der Waals surface area contributed by atoms with E-state index in [-0.39, 0.29) is 0 Å². The minimum atomic E-state index is 0.694. The van der Waals surface area contributed by atoms with Crippen LogP contribution in [-0.2, 0) is 0 Å². The van der Waals surface area contributed by atoms with Gasteiger partial charge in [0.25, 0.3) is 0 Å². The first-order chi connectivity index (χ1) is 16.2. The molecule has 0 fully saturated rings. The van der Waals surface area contributed by atoms with Gasteiger partial charge in [0.2, 0.25) is 0 Å². The number of halogens is 2. The van der Waals surface area contributed by atoms with Crippen LogP contribution in [0.1, 0.15) is 5.56 Å². The predicted molar refractivity (Wildman–Crippen MR) is 140 cm³/mol. The molecule has 5 rings (SSSR count). The summed E-state index contributed by atoms with van der Waals surface area (Å²) in [7, 11) is 0. The Morgan fingerprint density at radius 2 is 1.15 bits per heavy atom. The number of rotatable bonds is 5. The van der Waals surface area contributed by atoms with Crippen LogP contribution in [0.3, 0.4) is 0 Å². The van der Waals surface area contributed by atoms with Gasteiger partial charge in [-0.15, -0.1) is 0 Å². The molecule has 4 aromatic carbocycles. The molecule has 0 radical (unpaired) electrons. The maximum Gasteiger partial charge on any atom is 0.0630 e. The van der Waals surface area contributed by atoms with Gasteiger partial charge in [-0.05, 0) is 65.7 Å². The largest absolute Gasteiger partial charge is 0.309 e. The zero-order chi connectivity index (χ0) is 22.6. The Kier molecular flexibility index (Phi) is 6.12. The first kappa shape index (κ1) is 21.3. The van der Waals surface area contributed by atoms with Gasteiger partial charge in [-0.3, -0.25) is 4.99 Å². The van der Waals surface area contributed by atoms with Crippen molar-refractivity contribution >= 4 is 35.1 Å². The highest BCUT2D eigenvalue weighted by atomic mass is 35.5. The van der Waals surface area contributed by atoms with Gasteiger partial charge in [-0.1, -0.05) is 83.9 Å². The van der Waals surface area contributed by atoms with Crippen molar-refractivity contribution in [3.8, 4) is 28.2 Å². The van der Waals surface area contributed by atoms with E-state index >= 15 is 0 Å². The maximum atomic E-state index is 6.21. The Balaban J connectivity index is 1.76. The topological polar surface area (TPSA) is 17.3 Å². The van der Waals surface area contributed by atoms with E-state index in [1.54, 1.807) is 0 Å². The fourth-order valence-electron chi connectivity index (χ4n) is 3.87. The molecule has 0 atom stereocenters. The summed E-state index contributed by atoms with van der Waals surface area (Å²) < 4.78 is 2.27. The molecular weight excluding hydrogens is 447 g/mol. The average Bonchev–Trinajstić information content (AvgIpc) is 3.25. The second-order valence-corrected chi connectivity index (χ2v) is 8.48. The molecule has 0 aliphatic heterocycles. The van der Waals surface area contributed by atoms with E-state index in [2.05, 4.69) is 59.2 Å². The molecule has 160 valence electrons. The highest BCUT2D eigenvalue weighted by molar-refractivity contribution is 6.30. The third-order valence-corrected chi connectivity index (χ3v) is 5.92. The lowest BCUT2D eigenvalue weighted by Gasteiger charge is -2.15. The second-order valence-electron chi connectivity index (χ2n) is 7.61. The summed E-state index contributed by atoms with van der Waals surface area (Å²) in [5.41, 5.74) is 7.26. The van der Waals surface area contributed by atoms with Crippen molar-refractivity contribution in [3.63, 3.8) is 0 Å². The fraction of sp³-hybridized carbons (Fsp3) is 0. The molecule has 33 heavy (non-hydrogen) atoms. The molecule has 2 nitrogen and oxygen atoms in total. The molecule has 0 unspecified atom stereocenters. The van der Waals surface area contributed by atoms with Gasteiger partial charge < -0.3 is 4.57 Å². The summed E-state index contributed by atoms with van der Waals surface area (Å²) in [6.45, 7) is 0. The Labute approximate surface area is 203 Å². The Morgan fingerprint density at radius 3 is 1.76 bits per heavy atom. The maximum absolute atomic E-state index is 6.21. The van der Waals surface area contributed by atoms with Crippen molar-refractivity contribution in [3.05, 3.63) is 131 Å². The average molecular weight is 467 g/mol. The standard InChI is InChI=1S/C29H20Cl2N2/c30-24-11-15-26(16-12-24)32-20-23-19-28(21-7-3-1-4-8-21)33(27-17-13-25(31)14-18-27)29(23)22-9-5-2-6-10-22/h1-20H. The van der Waals surface area contributed by atoms with Gasteiger partial charge in [-0.2, -0.15) is 0 Å². The van der Waals surface area contributed by atoms with E-state index < -0.39 is 0 Å². The van der Waals surface area contributed by atoms with Crippen LogP contribution < -0.4 is 0 Å². The molecule has 1 heterocycles. The SMILES string of the molecule is Clc1ccc(N=Cc2cc(-c3ccccc3)n(-c3ccc(Cl)cc3)c2-c2ccccc2)cc1. The molecular formula is C29H20Cl2N2. The minimum absolute atomic E-state index is 0.694. The second kappa shape index (κ2) is 9.50. The van der Waals surface area contributed by atoms with E-state index in [1.165, 1.54) is 0 Å². The third-order valence-electron chi connectivity index (χ3n) is 5.41. The molecule has 0 amide bonds. The van der Waals surface area contributed by atoms with Gasteiger partial charge in [-0.25, -0.2) is 0 Å². The van der Waals surface area contributed by atoms with Gasteiger partial charge in [0, 0.05) is 27.5 Å². The van der Waals surface area contributed by atoms with Crippen molar-refractivity contribution in [2.45, 2.75) is 0 Å². The van der Waals surface area contributed by atoms with E-state index in [0.29, 0.717) is 10.0 Å². The van der Waals surface area contributed by atoms with Crippen LogP contribution in [0.15, 0.2) is 120 Å². The van der Waals surface area contributed by atoms with Crippen molar-refractivity contribution < 1.29 is 0 Å². The Morgan fingerprint density at radius 1 is 0.606 bits per heavy atom. The van der Waals surface area contributed by atoms with Gasteiger partial charge in [0.15, 0.2) is 0 Å². The van der Waals surface area contributed by atoms with E-state index in [4.69, 9.17) is 28.2 Å². The van der Waals surface area contributed by atoms with Crippen molar-refractivity contribution in [1.29, 1.82) is 0 Å². The molecule has 0 spiro atoms. The van der Waals surface area contributed by atoms with Gasteiger partial charge in [0.1, 0.15) is 0 Å². The molecule has 0 bridgehead atoms. The van der Waals surface area contributed by atoms with Crippen LogP contribution in [0, 0.1) is 0 Å². The zero-order valence-electron chi connectivity index (χ0n) is 17.7. The first-order valence-electron chi connectivity index (χ1n) is 10.6. The van der Waals surface area contributed by atoms with Crippen LogP contribution in [0.5, 0.6) is 0 Å². The third kappa shape index (κ3) is 4.63. The van der Waals surface area contributed by atoms with Crippen LogP contribution in [0.2, 0.25) is 10.0 Å². The Hall–Kier alpha value is -3.59. The first-order valence-corrected chi connectivity index (χ1v) is 11.4. The molecule has 0 aliphatic rings. The monoisotopic (exact) mass is 466 g/mol. The van der Waals surface area contributed by atoms with Crippen molar-refractivity contribution in [2.24, 2.45) is 4.99 Å². The van der Waals surface area contributed by atoms with E-state index in [9.17, 15) is 0 Å².